The third-order valence-corrected chi connectivity index (χ3v) is 4.46. The molecule has 0 radical (unpaired) electrons. The molecule has 1 aromatic rings. The first-order chi connectivity index (χ1) is 12.2. The third kappa shape index (κ3) is 8.93. The van der Waals surface area contributed by atoms with Gasteiger partial charge in [0.15, 0.2) is 0 Å². The summed E-state index contributed by atoms with van der Waals surface area (Å²) in [4.78, 5) is 25.0. The molecule has 1 rings (SSSR count). The maximum Gasteiger partial charge on any atom is 0.516 e. The first-order valence-electron chi connectivity index (χ1n) is 8.33. The first kappa shape index (κ1) is 24.0. The maximum absolute atomic E-state index is 11.6. The average molecular weight is 389 g/mol. The molecule has 0 aliphatic heterocycles. The highest BCUT2D eigenvalue weighted by molar-refractivity contribution is 7.86. The van der Waals surface area contributed by atoms with Crippen molar-refractivity contribution in [1.29, 1.82) is 0 Å². The molecule has 0 spiro atoms. The minimum absolute atomic E-state index is 0.0145. The molecule has 0 aromatic heterocycles. The van der Waals surface area contributed by atoms with Gasteiger partial charge in [-0.2, -0.15) is 8.42 Å². The molecule has 0 amide bonds. The first-order valence-corrected chi connectivity index (χ1v) is 9.83. The highest BCUT2D eigenvalue weighted by Crippen LogP contribution is 2.23. The van der Waals surface area contributed by atoms with Gasteiger partial charge in [0, 0.05) is 0 Å². The number of esters is 1. The van der Waals surface area contributed by atoms with E-state index in [1.165, 1.54) is 50.8 Å². The lowest BCUT2D eigenvalue weighted by Crippen LogP contribution is -2.26. The van der Waals surface area contributed by atoms with E-state index in [1.54, 1.807) is 6.07 Å². The Morgan fingerprint density at radius 2 is 1.54 bits per heavy atom. The van der Waals surface area contributed by atoms with Crippen LogP contribution < -0.4 is 0 Å². The Labute approximate surface area is 154 Å². The molecule has 0 saturated carbocycles. The van der Waals surface area contributed by atoms with Crippen LogP contribution in [0.5, 0.6) is 0 Å². The van der Waals surface area contributed by atoms with E-state index in [9.17, 15) is 18.0 Å². The fourth-order valence-electron chi connectivity index (χ4n) is 2.01. The average Bonchev–Trinajstić information content (AvgIpc) is 2.57. The monoisotopic (exact) mass is 389 g/mol. The number of hydrogen-bond donors (Lipinski definition) is 1. The van der Waals surface area contributed by atoms with Gasteiger partial charge in [0.05, 0.1) is 6.61 Å². The smallest absolute Gasteiger partial charge is 0.434 e. The number of benzene rings is 1. The van der Waals surface area contributed by atoms with Crippen LogP contribution in [0.4, 0.5) is 4.79 Å². The summed E-state index contributed by atoms with van der Waals surface area (Å²) in [6, 6.07) is 7.17. The van der Waals surface area contributed by atoms with Crippen LogP contribution >= 0.6 is 0 Å². The molecule has 0 aliphatic carbocycles. The summed E-state index contributed by atoms with van der Waals surface area (Å²) < 4.78 is 40.0. The van der Waals surface area contributed by atoms with Crippen LogP contribution in [0.15, 0.2) is 30.3 Å². The van der Waals surface area contributed by atoms with Gasteiger partial charge < -0.3 is 14.4 Å². The van der Waals surface area contributed by atoms with Crippen molar-refractivity contribution < 1.29 is 32.0 Å². The lowest BCUT2D eigenvalue weighted by atomic mass is 10.1. The largest absolute Gasteiger partial charge is 0.516 e. The maximum atomic E-state index is 11.6. The predicted octanol–water partition coefficient (Wildman–Crippen LogP) is 2.66. The summed E-state index contributed by atoms with van der Waals surface area (Å²) in [5.74, 6) is -1.42. The normalized spacial score (nSPS) is 11.9. The minimum Gasteiger partial charge on any atom is -0.434 e. The van der Waals surface area contributed by atoms with Gasteiger partial charge >= 0.3 is 12.1 Å². The fourth-order valence-corrected chi connectivity index (χ4v) is 2.80. The molecular weight excluding hydrogens is 362 g/mol. The second-order valence-electron chi connectivity index (χ2n) is 5.03. The van der Waals surface area contributed by atoms with Gasteiger partial charge in [-0.3, -0.25) is 4.55 Å². The number of nitrogens with zero attached hydrogens (tertiary/aromatic N) is 1. The van der Waals surface area contributed by atoms with Crippen LogP contribution in [0.1, 0.15) is 38.5 Å². The summed E-state index contributed by atoms with van der Waals surface area (Å²) in [6.45, 7) is 11.6. The van der Waals surface area contributed by atoms with Gasteiger partial charge in [-0.05, 0) is 32.1 Å². The zero-order valence-electron chi connectivity index (χ0n) is 15.5. The zero-order valence-corrected chi connectivity index (χ0v) is 16.4. The van der Waals surface area contributed by atoms with Gasteiger partial charge in [0.25, 0.3) is 10.1 Å². The Balaban J connectivity index is 0.000000758. The van der Waals surface area contributed by atoms with E-state index in [-0.39, 0.29) is 12.2 Å². The van der Waals surface area contributed by atoms with Crippen molar-refractivity contribution in [3.63, 3.8) is 0 Å². The van der Waals surface area contributed by atoms with Gasteiger partial charge in [0.2, 0.25) is 5.25 Å². The van der Waals surface area contributed by atoms with Crippen molar-refractivity contribution in [3.05, 3.63) is 35.9 Å². The van der Waals surface area contributed by atoms with Crippen LogP contribution in [0.3, 0.4) is 0 Å². The molecule has 9 heteroatoms. The molecule has 1 N–H and O–H groups in total. The van der Waals surface area contributed by atoms with Gasteiger partial charge in [-0.25, -0.2) is 9.59 Å². The molecule has 1 unspecified atom stereocenters. The third-order valence-electron chi connectivity index (χ3n) is 3.40. The van der Waals surface area contributed by atoms with Crippen molar-refractivity contribution in [2.45, 2.75) is 32.9 Å². The second-order valence-corrected chi connectivity index (χ2v) is 6.53. The van der Waals surface area contributed by atoms with Gasteiger partial charge in [0.1, 0.15) is 0 Å². The molecule has 8 nitrogen and oxygen atoms in total. The number of hydrogen-bond acceptors (Lipinski definition) is 7. The van der Waals surface area contributed by atoms with E-state index in [1.807, 2.05) is 0 Å². The molecule has 0 bridgehead atoms. The molecule has 1 aromatic carbocycles. The Morgan fingerprint density at radius 3 is 1.88 bits per heavy atom. The van der Waals surface area contributed by atoms with E-state index in [4.69, 9.17) is 4.55 Å². The minimum atomic E-state index is -4.76. The van der Waals surface area contributed by atoms with Crippen LogP contribution in [0, 0.1) is 0 Å². The summed E-state index contributed by atoms with van der Waals surface area (Å²) in [5, 5.41) is -1.99. The lowest BCUT2D eigenvalue weighted by molar-refractivity contribution is -0.139. The van der Waals surface area contributed by atoms with Crippen molar-refractivity contribution in [2.75, 3.05) is 26.2 Å². The van der Waals surface area contributed by atoms with Gasteiger partial charge in [-0.15, -0.1) is 0 Å². The zero-order chi connectivity index (χ0) is 20.2. The number of ether oxygens (including phenoxy) is 2. The van der Waals surface area contributed by atoms with Crippen LogP contribution in [0.25, 0.3) is 0 Å². The molecular formula is C17H27NO7S. The van der Waals surface area contributed by atoms with E-state index in [0.29, 0.717) is 0 Å². The summed E-state index contributed by atoms with van der Waals surface area (Å²) in [7, 11) is -4.76. The quantitative estimate of drug-likeness (QED) is 0.430. The highest BCUT2D eigenvalue weighted by atomic mass is 32.2. The van der Waals surface area contributed by atoms with E-state index in [0.717, 1.165) is 0 Å². The Bertz CT molecular complexity index is 637. The van der Waals surface area contributed by atoms with Gasteiger partial charge in [-0.1, -0.05) is 51.1 Å². The molecule has 0 heterocycles. The number of carbonyl (C=O) groups excluding carboxylic acids is 2. The van der Waals surface area contributed by atoms with E-state index < -0.39 is 27.5 Å². The Kier molecular flexibility index (Phi) is 11.5. The topological polar surface area (TPSA) is 110 Å². The SMILES string of the molecule is CCN(CC)CC.CCOC(=O)OC(=O)C(c1ccccc1)S(=O)(=O)O. The second kappa shape index (κ2) is 12.4. The van der Waals surface area contributed by atoms with Crippen molar-refractivity contribution in [3.8, 4) is 0 Å². The molecule has 0 aliphatic rings. The molecule has 26 heavy (non-hydrogen) atoms. The Morgan fingerprint density at radius 1 is 1.04 bits per heavy atom. The standard InChI is InChI=1S/C11H12O7S.C6H15N/c1-2-17-11(13)18-10(12)9(19(14,15)16)8-6-4-3-5-7-8;1-4-7(5-2)6-3/h3-7,9H,2H2,1H3,(H,14,15,16);4-6H2,1-3H3. The van der Waals surface area contributed by atoms with Crippen LogP contribution in [-0.4, -0.2) is 56.2 Å². The van der Waals surface area contributed by atoms with Crippen molar-refractivity contribution in [1.82, 2.24) is 4.90 Å². The van der Waals surface area contributed by atoms with E-state index >= 15 is 0 Å². The summed E-state index contributed by atoms with van der Waals surface area (Å²) >= 11 is 0. The predicted molar refractivity (Wildman–Crippen MR) is 97.3 cm³/mol. The Hall–Kier alpha value is -1.97. The molecule has 0 fully saturated rings. The van der Waals surface area contributed by atoms with Crippen LogP contribution in [-0.2, 0) is 24.4 Å². The number of rotatable bonds is 7. The fraction of sp³-hybridized carbons (Fsp3) is 0.529. The lowest BCUT2D eigenvalue weighted by Gasteiger charge is -2.13. The van der Waals surface area contributed by atoms with E-state index in [2.05, 4.69) is 35.1 Å². The highest BCUT2D eigenvalue weighted by Gasteiger charge is 2.36. The van der Waals surface area contributed by atoms with Crippen LogP contribution in [0.2, 0.25) is 0 Å². The summed E-state index contributed by atoms with van der Waals surface area (Å²) in [6.07, 6.45) is -1.32. The van der Waals surface area contributed by atoms with Crippen molar-refractivity contribution >= 4 is 22.2 Å². The molecule has 1 atom stereocenters. The van der Waals surface area contributed by atoms with Crippen molar-refractivity contribution in [2.24, 2.45) is 0 Å². The molecule has 148 valence electrons. The number of carbonyl (C=O) groups is 2. The molecule has 0 saturated heterocycles. The summed E-state index contributed by atoms with van der Waals surface area (Å²) in [5.41, 5.74) is -0.0145.